The Morgan fingerprint density at radius 2 is 1.29 bits per heavy atom. The summed E-state index contributed by atoms with van der Waals surface area (Å²) >= 11 is 0. The van der Waals surface area contributed by atoms with Gasteiger partial charge in [-0.3, -0.25) is 19.3 Å². The van der Waals surface area contributed by atoms with Gasteiger partial charge in [-0.2, -0.15) is 0 Å². The van der Waals surface area contributed by atoms with Crippen LogP contribution in [0.5, 0.6) is 0 Å². The Morgan fingerprint density at radius 1 is 0.875 bits per heavy atom. The number of nitrogens with two attached hydrogens (primary N) is 3. The number of hydrogen-bond donors (Lipinski definition) is 5. The van der Waals surface area contributed by atoms with Crippen molar-refractivity contribution in [2.45, 2.75) is 38.0 Å². The molecule has 0 rings (SSSR count). The molecule has 0 unspecified atom stereocenters. The number of amides is 2. The first-order chi connectivity index (χ1) is 11.0. The third kappa shape index (κ3) is 7.05. The molecule has 0 aromatic carbocycles. The standard InChI is InChI=1S/C12H22N4O6S2/c1-5(13)9(17)16(10(18)6(2)14)8(12(21)22)4-24-23-3-7(15)11(19)20/h5-8H,3-4,13-15H2,1-2H3,(H,19,20)(H,21,22)/t5-,6-,7-,8-/m0/s1. The monoisotopic (exact) mass is 382 g/mol. The Labute approximate surface area is 146 Å². The van der Waals surface area contributed by atoms with Crippen molar-refractivity contribution in [3.05, 3.63) is 0 Å². The fraction of sp³-hybridized carbons (Fsp3) is 0.667. The van der Waals surface area contributed by atoms with Gasteiger partial charge < -0.3 is 27.4 Å². The molecule has 0 heterocycles. The van der Waals surface area contributed by atoms with Crippen molar-refractivity contribution in [2.24, 2.45) is 17.2 Å². The lowest BCUT2D eigenvalue weighted by Crippen LogP contribution is -2.58. The van der Waals surface area contributed by atoms with Crippen molar-refractivity contribution in [1.82, 2.24) is 4.90 Å². The van der Waals surface area contributed by atoms with Gasteiger partial charge in [-0.15, -0.1) is 0 Å². The van der Waals surface area contributed by atoms with E-state index in [0.29, 0.717) is 4.90 Å². The van der Waals surface area contributed by atoms with Crippen molar-refractivity contribution < 1.29 is 29.4 Å². The van der Waals surface area contributed by atoms with E-state index in [1.54, 1.807) is 0 Å². The van der Waals surface area contributed by atoms with Crippen molar-refractivity contribution >= 4 is 45.3 Å². The second-order valence-electron chi connectivity index (χ2n) is 4.99. The first-order valence-corrected chi connectivity index (χ1v) is 9.33. The fourth-order valence-corrected chi connectivity index (χ4v) is 3.72. The molecule has 0 radical (unpaired) electrons. The molecule has 2 amide bonds. The van der Waals surface area contributed by atoms with E-state index in [9.17, 15) is 24.3 Å². The van der Waals surface area contributed by atoms with E-state index in [1.807, 2.05) is 0 Å². The Kier molecular flexibility index (Phi) is 9.92. The molecule has 12 heteroatoms. The third-order valence-electron chi connectivity index (χ3n) is 2.72. The highest BCUT2D eigenvalue weighted by molar-refractivity contribution is 8.76. The van der Waals surface area contributed by atoms with Gasteiger partial charge in [0, 0.05) is 11.5 Å². The Hall–Kier alpha value is -1.34. The van der Waals surface area contributed by atoms with Gasteiger partial charge in [-0.1, -0.05) is 21.6 Å². The zero-order valence-electron chi connectivity index (χ0n) is 13.2. The van der Waals surface area contributed by atoms with E-state index in [2.05, 4.69) is 0 Å². The summed E-state index contributed by atoms with van der Waals surface area (Å²) in [4.78, 5) is 46.9. The normalized spacial score (nSPS) is 15.9. The average molecular weight is 382 g/mol. The van der Waals surface area contributed by atoms with Crippen LogP contribution in [-0.2, 0) is 19.2 Å². The number of carbonyl (C=O) groups excluding carboxylic acids is 2. The van der Waals surface area contributed by atoms with Crippen molar-refractivity contribution in [3.8, 4) is 0 Å². The molecule has 10 nitrogen and oxygen atoms in total. The van der Waals surface area contributed by atoms with Gasteiger partial charge in [-0.25, -0.2) is 4.79 Å². The summed E-state index contributed by atoms with van der Waals surface area (Å²) in [5, 5.41) is 18.0. The Balaban J connectivity index is 5.06. The lowest BCUT2D eigenvalue weighted by atomic mass is 10.2. The number of imide groups is 1. The topological polar surface area (TPSA) is 190 Å². The summed E-state index contributed by atoms with van der Waals surface area (Å²) in [6.07, 6.45) is 0. The molecule has 0 spiro atoms. The summed E-state index contributed by atoms with van der Waals surface area (Å²) in [5.74, 6) is -4.40. The van der Waals surface area contributed by atoms with E-state index in [1.165, 1.54) is 13.8 Å². The summed E-state index contributed by atoms with van der Waals surface area (Å²) < 4.78 is 0. The zero-order valence-corrected chi connectivity index (χ0v) is 14.9. The largest absolute Gasteiger partial charge is 0.480 e. The number of carbonyl (C=O) groups is 4. The van der Waals surface area contributed by atoms with Crippen LogP contribution in [0.15, 0.2) is 0 Å². The SMILES string of the molecule is C[C@H](N)C(=O)N(C(=O)[C@H](C)N)[C@@H](CSSC[C@H](N)C(=O)O)C(=O)O. The van der Waals surface area contributed by atoms with Gasteiger partial charge in [0.2, 0.25) is 11.8 Å². The highest BCUT2D eigenvalue weighted by atomic mass is 33.1. The first-order valence-electron chi connectivity index (χ1n) is 6.84. The van der Waals surface area contributed by atoms with Crippen LogP contribution in [0.3, 0.4) is 0 Å². The number of nitrogens with zero attached hydrogens (tertiary/aromatic N) is 1. The molecule has 138 valence electrons. The molecule has 0 aliphatic carbocycles. The summed E-state index contributed by atoms with van der Waals surface area (Å²) in [6, 6.07) is -4.72. The molecule has 24 heavy (non-hydrogen) atoms. The van der Waals surface area contributed by atoms with Gasteiger partial charge in [0.15, 0.2) is 0 Å². The maximum absolute atomic E-state index is 12.1. The first kappa shape index (κ1) is 22.7. The van der Waals surface area contributed by atoms with Gasteiger partial charge in [0.1, 0.15) is 12.1 Å². The number of aliphatic carboxylic acids is 2. The predicted octanol–water partition coefficient (Wildman–Crippen LogP) is -1.72. The maximum Gasteiger partial charge on any atom is 0.327 e. The fourth-order valence-electron chi connectivity index (χ4n) is 1.42. The third-order valence-corrected chi connectivity index (χ3v) is 5.15. The van der Waals surface area contributed by atoms with Gasteiger partial charge in [-0.05, 0) is 13.8 Å². The van der Waals surface area contributed by atoms with E-state index >= 15 is 0 Å². The summed E-state index contributed by atoms with van der Waals surface area (Å²) in [7, 11) is 2.02. The van der Waals surface area contributed by atoms with Gasteiger partial charge in [0.05, 0.1) is 12.1 Å². The van der Waals surface area contributed by atoms with E-state index in [-0.39, 0.29) is 11.5 Å². The minimum absolute atomic E-state index is 0.0365. The minimum atomic E-state index is -1.47. The zero-order chi connectivity index (χ0) is 19.0. The van der Waals surface area contributed by atoms with Crippen LogP contribution in [0, 0.1) is 0 Å². The molecule has 0 fully saturated rings. The second kappa shape index (κ2) is 10.5. The number of hydrogen-bond acceptors (Lipinski definition) is 9. The van der Waals surface area contributed by atoms with Crippen molar-refractivity contribution in [3.63, 3.8) is 0 Å². The molecule has 0 saturated carbocycles. The Bertz CT molecular complexity index is 468. The second-order valence-corrected chi connectivity index (χ2v) is 7.54. The molecule has 4 atom stereocenters. The van der Waals surface area contributed by atoms with Crippen molar-refractivity contribution in [1.29, 1.82) is 0 Å². The van der Waals surface area contributed by atoms with Gasteiger partial charge in [0.25, 0.3) is 0 Å². The highest BCUT2D eigenvalue weighted by Crippen LogP contribution is 2.24. The molecule has 0 bridgehead atoms. The molecule has 0 aromatic rings. The predicted molar refractivity (Wildman–Crippen MR) is 91.1 cm³/mol. The molecule has 0 saturated heterocycles. The number of rotatable bonds is 10. The smallest absolute Gasteiger partial charge is 0.327 e. The molecular formula is C12H22N4O6S2. The van der Waals surface area contributed by atoms with Crippen LogP contribution in [0.25, 0.3) is 0 Å². The molecule has 0 aromatic heterocycles. The van der Waals surface area contributed by atoms with E-state index < -0.39 is 47.9 Å². The lowest BCUT2D eigenvalue weighted by molar-refractivity contribution is -0.157. The lowest BCUT2D eigenvalue weighted by Gasteiger charge is -2.29. The molecular weight excluding hydrogens is 360 g/mol. The maximum atomic E-state index is 12.1. The van der Waals surface area contributed by atoms with E-state index in [0.717, 1.165) is 21.6 Å². The van der Waals surface area contributed by atoms with Crippen LogP contribution in [-0.4, -0.2) is 74.5 Å². The average Bonchev–Trinajstić information content (AvgIpc) is 2.48. The number of carboxylic acids is 2. The highest BCUT2D eigenvalue weighted by Gasteiger charge is 2.37. The minimum Gasteiger partial charge on any atom is -0.480 e. The Morgan fingerprint density at radius 3 is 1.62 bits per heavy atom. The molecule has 0 aliphatic heterocycles. The summed E-state index contributed by atoms with van der Waals surface area (Å²) in [6.45, 7) is 2.66. The van der Waals surface area contributed by atoms with Crippen LogP contribution < -0.4 is 17.2 Å². The quantitative estimate of drug-likeness (QED) is 0.213. The van der Waals surface area contributed by atoms with Crippen molar-refractivity contribution in [2.75, 3.05) is 11.5 Å². The van der Waals surface area contributed by atoms with Gasteiger partial charge >= 0.3 is 11.9 Å². The summed E-state index contributed by atoms with van der Waals surface area (Å²) in [5.41, 5.74) is 16.3. The van der Waals surface area contributed by atoms with Crippen LogP contribution >= 0.6 is 21.6 Å². The van der Waals surface area contributed by atoms with Crippen LogP contribution in [0.4, 0.5) is 0 Å². The number of carboxylic acid groups (broad SMARTS) is 2. The molecule has 0 aliphatic rings. The van der Waals surface area contributed by atoms with Crippen LogP contribution in [0.1, 0.15) is 13.8 Å². The van der Waals surface area contributed by atoms with E-state index in [4.69, 9.17) is 22.3 Å². The molecule has 8 N–H and O–H groups in total. The van der Waals surface area contributed by atoms with Crippen LogP contribution in [0.2, 0.25) is 0 Å².